The van der Waals surface area contributed by atoms with Gasteiger partial charge in [0.15, 0.2) is 0 Å². The van der Waals surface area contributed by atoms with Crippen LogP contribution in [0, 0.1) is 5.41 Å². The fourth-order valence-corrected chi connectivity index (χ4v) is 3.58. The van der Waals surface area contributed by atoms with Gasteiger partial charge in [-0.1, -0.05) is 26.8 Å². The Hall–Kier alpha value is -3.20. The number of benzene rings is 2. The van der Waals surface area contributed by atoms with Gasteiger partial charge in [-0.25, -0.2) is 8.42 Å². The Labute approximate surface area is 162 Å². The molecule has 1 heterocycles. The van der Waals surface area contributed by atoms with Gasteiger partial charge in [0.05, 0.1) is 21.7 Å². The van der Waals surface area contributed by atoms with Crippen molar-refractivity contribution < 1.29 is 22.8 Å². The molecule has 8 nitrogen and oxygen atoms in total. The molecule has 3 amide bonds. The number of carbonyl (C=O) groups excluding carboxylic acids is 3. The van der Waals surface area contributed by atoms with Gasteiger partial charge in [0.2, 0.25) is 5.91 Å². The van der Waals surface area contributed by atoms with Crippen LogP contribution in [-0.2, 0) is 14.8 Å². The standard InChI is InChI=1S/C19H19N3O5S/c1-19(2,3)18(25)20-11-5-4-6-12(9-11)22-28(26,27)13-7-8-14-15(10-13)17(24)21-16(14)23/h4-10,22H,1-3H3,(H,20,25)(H,21,23,24). The van der Waals surface area contributed by atoms with Crippen LogP contribution < -0.4 is 15.4 Å². The number of amides is 3. The molecule has 0 bridgehead atoms. The lowest BCUT2D eigenvalue weighted by Crippen LogP contribution is -2.27. The number of carbonyl (C=O) groups is 3. The first-order chi connectivity index (χ1) is 13.0. The average molecular weight is 401 g/mol. The summed E-state index contributed by atoms with van der Waals surface area (Å²) in [6.07, 6.45) is 0. The zero-order valence-corrected chi connectivity index (χ0v) is 16.3. The lowest BCUT2D eigenvalue weighted by atomic mass is 9.95. The number of hydrogen-bond donors (Lipinski definition) is 3. The molecule has 28 heavy (non-hydrogen) atoms. The molecule has 0 fully saturated rings. The Morgan fingerprint density at radius 1 is 0.929 bits per heavy atom. The maximum Gasteiger partial charge on any atom is 0.261 e. The van der Waals surface area contributed by atoms with Crippen LogP contribution in [0.3, 0.4) is 0 Å². The largest absolute Gasteiger partial charge is 0.326 e. The van der Waals surface area contributed by atoms with Crippen molar-refractivity contribution >= 4 is 39.1 Å². The molecule has 9 heteroatoms. The third kappa shape index (κ3) is 3.89. The van der Waals surface area contributed by atoms with Gasteiger partial charge in [-0.15, -0.1) is 0 Å². The zero-order chi connectivity index (χ0) is 20.7. The van der Waals surface area contributed by atoms with Crippen LogP contribution in [0.5, 0.6) is 0 Å². The quantitative estimate of drug-likeness (QED) is 0.679. The van der Waals surface area contributed by atoms with E-state index in [0.717, 1.165) is 6.07 Å². The molecule has 146 valence electrons. The van der Waals surface area contributed by atoms with Crippen molar-refractivity contribution in [1.29, 1.82) is 0 Å². The highest BCUT2D eigenvalue weighted by Crippen LogP contribution is 2.24. The molecule has 2 aromatic rings. The second kappa shape index (κ2) is 6.75. The van der Waals surface area contributed by atoms with E-state index >= 15 is 0 Å². The van der Waals surface area contributed by atoms with Crippen molar-refractivity contribution in [3.63, 3.8) is 0 Å². The molecule has 0 saturated heterocycles. The molecule has 0 aliphatic carbocycles. The van der Waals surface area contributed by atoms with Crippen molar-refractivity contribution in [1.82, 2.24) is 5.32 Å². The molecule has 0 atom stereocenters. The van der Waals surface area contributed by atoms with Crippen molar-refractivity contribution in [3.05, 3.63) is 53.6 Å². The predicted octanol–water partition coefficient (Wildman–Crippen LogP) is 2.36. The highest BCUT2D eigenvalue weighted by molar-refractivity contribution is 7.92. The Kier molecular flexibility index (Phi) is 4.72. The summed E-state index contributed by atoms with van der Waals surface area (Å²) in [5, 5.41) is 4.84. The lowest BCUT2D eigenvalue weighted by molar-refractivity contribution is -0.123. The number of rotatable bonds is 4. The first-order valence-electron chi connectivity index (χ1n) is 8.41. The maximum atomic E-state index is 12.7. The topological polar surface area (TPSA) is 121 Å². The first kappa shape index (κ1) is 19.6. The minimum Gasteiger partial charge on any atom is -0.326 e. The lowest BCUT2D eigenvalue weighted by Gasteiger charge is -2.18. The highest BCUT2D eigenvalue weighted by atomic mass is 32.2. The van der Waals surface area contributed by atoms with E-state index < -0.39 is 27.3 Å². The minimum atomic E-state index is -4.00. The van der Waals surface area contributed by atoms with Crippen LogP contribution in [0.2, 0.25) is 0 Å². The second-order valence-electron chi connectivity index (χ2n) is 7.38. The van der Waals surface area contributed by atoms with E-state index in [1.165, 1.54) is 24.3 Å². The smallest absolute Gasteiger partial charge is 0.261 e. The van der Waals surface area contributed by atoms with Crippen molar-refractivity contribution in [2.75, 3.05) is 10.0 Å². The first-order valence-corrected chi connectivity index (χ1v) is 9.90. The van der Waals surface area contributed by atoms with E-state index in [-0.39, 0.29) is 27.6 Å². The summed E-state index contributed by atoms with van der Waals surface area (Å²) < 4.78 is 27.7. The third-order valence-corrected chi connectivity index (χ3v) is 5.45. The molecular weight excluding hydrogens is 382 g/mol. The van der Waals surface area contributed by atoms with E-state index in [4.69, 9.17) is 0 Å². The summed E-state index contributed by atoms with van der Waals surface area (Å²) in [6, 6.07) is 9.98. The van der Waals surface area contributed by atoms with E-state index in [1.54, 1.807) is 32.9 Å². The Morgan fingerprint density at radius 2 is 1.57 bits per heavy atom. The predicted molar refractivity (Wildman–Crippen MR) is 104 cm³/mol. The van der Waals surface area contributed by atoms with Gasteiger partial charge in [0.25, 0.3) is 21.8 Å². The summed E-state index contributed by atoms with van der Waals surface area (Å²) in [5.74, 6) is -1.40. The zero-order valence-electron chi connectivity index (χ0n) is 15.5. The average Bonchev–Trinajstić information content (AvgIpc) is 2.88. The summed E-state index contributed by atoms with van der Waals surface area (Å²) in [6.45, 7) is 5.30. The maximum absolute atomic E-state index is 12.7. The summed E-state index contributed by atoms with van der Waals surface area (Å²) in [7, 11) is -4.00. The number of anilines is 2. The number of nitrogens with one attached hydrogen (secondary N) is 3. The Balaban J connectivity index is 1.85. The van der Waals surface area contributed by atoms with Crippen LogP contribution in [-0.4, -0.2) is 26.1 Å². The van der Waals surface area contributed by atoms with Gasteiger partial charge in [-0.2, -0.15) is 0 Å². The normalized spacial score (nSPS) is 13.7. The summed E-state index contributed by atoms with van der Waals surface area (Å²) in [5.41, 5.74) is 0.236. The van der Waals surface area contributed by atoms with E-state index in [2.05, 4.69) is 15.4 Å². The highest BCUT2D eigenvalue weighted by Gasteiger charge is 2.29. The number of imide groups is 1. The molecular formula is C19H19N3O5S. The van der Waals surface area contributed by atoms with Crippen LogP contribution in [0.25, 0.3) is 0 Å². The molecule has 0 unspecified atom stereocenters. The Bertz CT molecular complexity index is 1100. The minimum absolute atomic E-state index is 0.0130. The fourth-order valence-electron chi connectivity index (χ4n) is 2.51. The van der Waals surface area contributed by atoms with Gasteiger partial charge < -0.3 is 5.32 Å². The summed E-state index contributed by atoms with van der Waals surface area (Å²) in [4.78, 5) is 35.3. The van der Waals surface area contributed by atoms with Gasteiger partial charge in [-0.3, -0.25) is 24.4 Å². The van der Waals surface area contributed by atoms with Crippen LogP contribution >= 0.6 is 0 Å². The number of sulfonamides is 1. The van der Waals surface area contributed by atoms with Gasteiger partial charge >= 0.3 is 0 Å². The van der Waals surface area contributed by atoms with Crippen LogP contribution in [0.15, 0.2) is 47.4 Å². The molecule has 1 aliphatic heterocycles. The van der Waals surface area contributed by atoms with Gasteiger partial charge in [0.1, 0.15) is 0 Å². The molecule has 0 radical (unpaired) electrons. The molecule has 3 N–H and O–H groups in total. The SMILES string of the molecule is CC(C)(C)C(=O)Nc1cccc(NS(=O)(=O)c2ccc3c(c2)C(=O)NC3=O)c1. The van der Waals surface area contributed by atoms with E-state index in [9.17, 15) is 22.8 Å². The molecule has 0 saturated carbocycles. The number of hydrogen-bond acceptors (Lipinski definition) is 5. The molecule has 0 aromatic heterocycles. The van der Waals surface area contributed by atoms with Crippen molar-refractivity contribution in [2.24, 2.45) is 5.41 Å². The molecule has 1 aliphatic rings. The Morgan fingerprint density at radius 3 is 2.25 bits per heavy atom. The van der Waals surface area contributed by atoms with Crippen LogP contribution in [0.1, 0.15) is 41.5 Å². The monoisotopic (exact) mass is 401 g/mol. The van der Waals surface area contributed by atoms with E-state index in [0.29, 0.717) is 5.69 Å². The second-order valence-corrected chi connectivity index (χ2v) is 9.06. The molecule has 3 rings (SSSR count). The van der Waals surface area contributed by atoms with Gasteiger partial charge in [-0.05, 0) is 36.4 Å². The van der Waals surface area contributed by atoms with E-state index in [1.807, 2.05) is 0 Å². The van der Waals surface area contributed by atoms with Crippen molar-refractivity contribution in [3.8, 4) is 0 Å². The van der Waals surface area contributed by atoms with Crippen LogP contribution in [0.4, 0.5) is 11.4 Å². The van der Waals surface area contributed by atoms with Crippen molar-refractivity contribution in [2.45, 2.75) is 25.7 Å². The van der Waals surface area contributed by atoms with Gasteiger partial charge in [0, 0.05) is 11.1 Å². The third-order valence-electron chi connectivity index (χ3n) is 4.07. The molecule has 0 spiro atoms. The number of fused-ring (bicyclic) bond motifs is 1. The summed E-state index contributed by atoms with van der Waals surface area (Å²) >= 11 is 0. The molecule has 2 aromatic carbocycles. The fraction of sp³-hybridized carbons (Fsp3) is 0.211.